The highest BCUT2D eigenvalue weighted by atomic mass is 35.5. The number of carbonyl (C=O) groups excluding carboxylic acids is 1. The number of hydrogen-bond acceptors (Lipinski definition) is 3. The number of nitriles is 1. The first-order valence-corrected chi connectivity index (χ1v) is 6.26. The summed E-state index contributed by atoms with van der Waals surface area (Å²) in [5.41, 5.74) is 0.835. The van der Waals surface area contributed by atoms with Crippen molar-refractivity contribution in [2.75, 3.05) is 5.32 Å². The molecule has 6 heteroatoms. The number of hydrogen-bond donors (Lipinski definition) is 2. The van der Waals surface area contributed by atoms with Crippen molar-refractivity contribution in [3.63, 3.8) is 0 Å². The number of anilines is 1. The normalized spacial score (nSPS) is 9.85. The monoisotopic (exact) mass is 306 g/mol. The molecule has 0 fully saturated rings. The molecular weight excluding hydrogens is 299 g/mol. The van der Waals surface area contributed by atoms with E-state index in [0.717, 1.165) is 0 Å². The predicted octanol–water partition coefficient (Wildman–Crippen LogP) is 3.82. The molecule has 2 rings (SSSR count). The third kappa shape index (κ3) is 3.02. The molecule has 0 aliphatic carbocycles. The minimum atomic E-state index is -0.500. The van der Waals surface area contributed by atoms with Gasteiger partial charge in [-0.1, -0.05) is 23.2 Å². The zero-order valence-corrected chi connectivity index (χ0v) is 11.5. The van der Waals surface area contributed by atoms with Crippen LogP contribution in [-0.4, -0.2) is 11.0 Å². The van der Waals surface area contributed by atoms with Gasteiger partial charge in [-0.05, 0) is 36.4 Å². The van der Waals surface area contributed by atoms with Crippen LogP contribution < -0.4 is 5.32 Å². The quantitative estimate of drug-likeness (QED) is 0.885. The molecule has 1 amide bonds. The molecule has 0 unspecified atom stereocenters. The first-order valence-electron chi connectivity index (χ1n) is 5.51. The SMILES string of the molecule is N#Cc1ccc(NC(=O)c2ccc(Cl)cc2O)cc1Cl. The molecule has 0 heterocycles. The van der Waals surface area contributed by atoms with Crippen molar-refractivity contribution < 1.29 is 9.90 Å². The molecule has 0 aromatic heterocycles. The molecule has 0 bridgehead atoms. The maximum atomic E-state index is 12.0. The molecule has 100 valence electrons. The smallest absolute Gasteiger partial charge is 0.259 e. The summed E-state index contributed by atoms with van der Waals surface area (Å²) in [7, 11) is 0. The Labute approximate surface area is 125 Å². The fourth-order valence-electron chi connectivity index (χ4n) is 1.58. The van der Waals surface area contributed by atoms with Crippen molar-refractivity contribution in [3.8, 4) is 11.8 Å². The van der Waals surface area contributed by atoms with Gasteiger partial charge in [0.05, 0.1) is 16.1 Å². The summed E-state index contributed by atoms with van der Waals surface area (Å²) >= 11 is 11.6. The van der Waals surface area contributed by atoms with E-state index >= 15 is 0 Å². The van der Waals surface area contributed by atoms with E-state index in [2.05, 4.69) is 5.32 Å². The molecular formula is C14H8Cl2N2O2. The summed E-state index contributed by atoms with van der Waals surface area (Å²) in [5.74, 6) is -0.713. The highest BCUT2D eigenvalue weighted by molar-refractivity contribution is 6.32. The molecule has 0 spiro atoms. The van der Waals surface area contributed by atoms with Crippen LogP contribution in [0.15, 0.2) is 36.4 Å². The van der Waals surface area contributed by atoms with Crippen LogP contribution in [0.25, 0.3) is 0 Å². The lowest BCUT2D eigenvalue weighted by Gasteiger charge is -2.08. The first-order chi connectivity index (χ1) is 9.51. The summed E-state index contributed by atoms with van der Waals surface area (Å²) in [6.07, 6.45) is 0. The van der Waals surface area contributed by atoms with Gasteiger partial charge in [-0.2, -0.15) is 5.26 Å². The van der Waals surface area contributed by atoms with E-state index in [9.17, 15) is 9.90 Å². The van der Waals surface area contributed by atoms with Gasteiger partial charge in [0.2, 0.25) is 0 Å². The minimum Gasteiger partial charge on any atom is -0.507 e. The Morgan fingerprint density at radius 1 is 1.20 bits per heavy atom. The van der Waals surface area contributed by atoms with Crippen LogP contribution >= 0.6 is 23.2 Å². The molecule has 2 N–H and O–H groups in total. The number of halogens is 2. The fourth-order valence-corrected chi connectivity index (χ4v) is 1.97. The van der Waals surface area contributed by atoms with Crippen LogP contribution in [0.2, 0.25) is 10.0 Å². The molecule has 0 aliphatic rings. The largest absolute Gasteiger partial charge is 0.507 e. The summed E-state index contributed by atoms with van der Waals surface area (Å²) in [5, 5.41) is 21.6. The Kier molecular flexibility index (Phi) is 4.14. The summed E-state index contributed by atoms with van der Waals surface area (Å²) in [6, 6.07) is 10.6. The second-order valence-corrected chi connectivity index (χ2v) is 4.77. The van der Waals surface area contributed by atoms with Crippen LogP contribution in [0.3, 0.4) is 0 Å². The number of benzene rings is 2. The second-order valence-electron chi connectivity index (χ2n) is 3.92. The van der Waals surface area contributed by atoms with Gasteiger partial charge in [-0.25, -0.2) is 0 Å². The lowest BCUT2D eigenvalue weighted by Crippen LogP contribution is -2.12. The summed E-state index contributed by atoms with van der Waals surface area (Å²) in [6.45, 7) is 0. The van der Waals surface area contributed by atoms with Crippen molar-refractivity contribution >= 4 is 34.8 Å². The van der Waals surface area contributed by atoms with Crippen molar-refractivity contribution in [1.29, 1.82) is 5.26 Å². The summed E-state index contributed by atoms with van der Waals surface area (Å²) in [4.78, 5) is 12.0. The molecule has 4 nitrogen and oxygen atoms in total. The third-order valence-electron chi connectivity index (χ3n) is 2.55. The average Bonchev–Trinajstić information content (AvgIpc) is 2.38. The standard InChI is InChI=1S/C14H8Cl2N2O2/c15-9-2-4-11(13(19)5-9)14(20)18-10-3-1-8(7-17)12(16)6-10/h1-6,19H,(H,18,20). The van der Waals surface area contributed by atoms with E-state index in [1.165, 1.54) is 30.3 Å². The Morgan fingerprint density at radius 3 is 2.55 bits per heavy atom. The van der Waals surface area contributed by atoms with Crippen LogP contribution in [0.1, 0.15) is 15.9 Å². The Balaban J connectivity index is 2.24. The number of phenolic OH excluding ortho intramolecular Hbond substituents is 1. The first kappa shape index (κ1) is 14.2. The summed E-state index contributed by atoms with van der Waals surface area (Å²) < 4.78 is 0. The number of nitrogens with zero attached hydrogens (tertiary/aromatic N) is 1. The highest BCUT2D eigenvalue weighted by Gasteiger charge is 2.12. The van der Waals surface area contributed by atoms with Gasteiger partial charge in [0.1, 0.15) is 11.8 Å². The molecule has 0 saturated carbocycles. The molecule has 2 aromatic carbocycles. The number of nitrogens with one attached hydrogen (secondary N) is 1. The van der Waals surface area contributed by atoms with Crippen molar-refractivity contribution in [3.05, 3.63) is 57.6 Å². The van der Waals surface area contributed by atoms with Gasteiger partial charge in [0, 0.05) is 10.7 Å². The van der Waals surface area contributed by atoms with Gasteiger partial charge in [-0.15, -0.1) is 0 Å². The van der Waals surface area contributed by atoms with Gasteiger partial charge in [0.25, 0.3) is 5.91 Å². The fraction of sp³-hybridized carbons (Fsp3) is 0. The number of rotatable bonds is 2. The number of carbonyl (C=O) groups is 1. The van der Waals surface area contributed by atoms with E-state index in [0.29, 0.717) is 16.3 Å². The van der Waals surface area contributed by atoms with E-state index in [1.54, 1.807) is 6.07 Å². The third-order valence-corrected chi connectivity index (χ3v) is 3.10. The lowest BCUT2D eigenvalue weighted by atomic mass is 10.1. The van der Waals surface area contributed by atoms with E-state index < -0.39 is 5.91 Å². The zero-order chi connectivity index (χ0) is 14.7. The van der Waals surface area contributed by atoms with Gasteiger partial charge in [-0.3, -0.25) is 4.79 Å². The molecule has 2 aromatic rings. The molecule has 20 heavy (non-hydrogen) atoms. The maximum absolute atomic E-state index is 12.0. The van der Waals surface area contributed by atoms with E-state index in [1.807, 2.05) is 6.07 Å². The lowest BCUT2D eigenvalue weighted by molar-refractivity contribution is 0.102. The van der Waals surface area contributed by atoms with Crippen LogP contribution in [0.4, 0.5) is 5.69 Å². The van der Waals surface area contributed by atoms with Crippen molar-refractivity contribution in [2.24, 2.45) is 0 Å². The number of phenols is 1. The molecule has 0 aliphatic heterocycles. The molecule has 0 radical (unpaired) electrons. The Morgan fingerprint density at radius 2 is 1.95 bits per heavy atom. The Hall–Kier alpha value is -2.22. The van der Waals surface area contributed by atoms with Gasteiger partial charge >= 0.3 is 0 Å². The van der Waals surface area contributed by atoms with Gasteiger partial charge < -0.3 is 10.4 Å². The molecule has 0 atom stereocenters. The topological polar surface area (TPSA) is 73.1 Å². The van der Waals surface area contributed by atoms with Crippen LogP contribution in [-0.2, 0) is 0 Å². The van der Waals surface area contributed by atoms with Crippen molar-refractivity contribution in [2.45, 2.75) is 0 Å². The zero-order valence-electron chi connectivity index (χ0n) is 10.0. The predicted molar refractivity (Wildman–Crippen MR) is 77.2 cm³/mol. The Bertz CT molecular complexity index is 724. The van der Waals surface area contributed by atoms with E-state index in [4.69, 9.17) is 28.5 Å². The molecule has 0 saturated heterocycles. The van der Waals surface area contributed by atoms with Crippen molar-refractivity contribution in [1.82, 2.24) is 0 Å². The van der Waals surface area contributed by atoms with E-state index in [-0.39, 0.29) is 16.3 Å². The minimum absolute atomic E-state index is 0.0925. The maximum Gasteiger partial charge on any atom is 0.259 e. The number of aromatic hydroxyl groups is 1. The number of amides is 1. The van der Waals surface area contributed by atoms with Gasteiger partial charge in [0.15, 0.2) is 0 Å². The second kappa shape index (κ2) is 5.83. The average molecular weight is 307 g/mol. The van der Waals surface area contributed by atoms with Crippen LogP contribution in [0.5, 0.6) is 5.75 Å². The van der Waals surface area contributed by atoms with Crippen LogP contribution in [0, 0.1) is 11.3 Å². The highest BCUT2D eigenvalue weighted by Crippen LogP contribution is 2.24.